The van der Waals surface area contributed by atoms with Gasteiger partial charge in [0, 0.05) is 30.8 Å². The van der Waals surface area contributed by atoms with Gasteiger partial charge in [-0.05, 0) is 42.5 Å². The van der Waals surface area contributed by atoms with Gasteiger partial charge in [0.2, 0.25) is 0 Å². The molecule has 0 bridgehead atoms. The summed E-state index contributed by atoms with van der Waals surface area (Å²) in [6.07, 6.45) is 7.77. The normalized spacial score (nSPS) is 15.8. The van der Waals surface area contributed by atoms with Crippen LogP contribution in [0.3, 0.4) is 0 Å². The molecule has 26 heavy (non-hydrogen) atoms. The Hall–Kier alpha value is -2.86. The van der Waals surface area contributed by atoms with Crippen molar-refractivity contribution >= 4 is 5.91 Å². The molecule has 0 radical (unpaired) electrons. The third kappa shape index (κ3) is 3.55. The van der Waals surface area contributed by atoms with E-state index in [9.17, 15) is 4.79 Å². The van der Waals surface area contributed by atoms with Gasteiger partial charge in [-0.15, -0.1) is 0 Å². The first kappa shape index (κ1) is 16.6. The van der Waals surface area contributed by atoms with Gasteiger partial charge in [-0.3, -0.25) is 4.79 Å². The molecule has 0 aliphatic carbocycles. The van der Waals surface area contributed by atoms with Crippen LogP contribution in [0.25, 0.3) is 5.69 Å². The first-order chi connectivity index (χ1) is 12.8. The van der Waals surface area contributed by atoms with Gasteiger partial charge in [0.25, 0.3) is 5.91 Å². The number of nitrogens with one attached hydrogen (secondary N) is 2. The smallest absolute Gasteiger partial charge is 0.251 e. The van der Waals surface area contributed by atoms with Gasteiger partial charge in [-0.25, -0.2) is 4.68 Å². The molecule has 1 aliphatic rings. The Morgan fingerprint density at radius 1 is 1.19 bits per heavy atom. The van der Waals surface area contributed by atoms with E-state index >= 15 is 0 Å². The zero-order valence-electron chi connectivity index (χ0n) is 14.6. The minimum atomic E-state index is -0.0628. The van der Waals surface area contributed by atoms with Gasteiger partial charge in [0.15, 0.2) is 11.8 Å². The Morgan fingerprint density at radius 3 is 2.65 bits per heavy atom. The molecule has 3 heterocycles. The fourth-order valence-corrected chi connectivity index (χ4v) is 3.60. The van der Waals surface area contributed by atoms with Gasteiger partial charge in [0.1, 0.15) is 0 Å². The Balaban J connectivity index is 1.42. The number of amides is 1. The molecule has 0 spiro atoms. The zero-order valence-corrected chi connectivity index (χ0v) is 14.6. The Bertz CT molecular complexity index is 819. The fourth-order valence-electron chi connectivity index (χ4n) is 3.60. The Kier molecular flexibility index (Phi) is 4.84. The number of hydrogen-bond acceptors (Lipinski definition) is 3. The highest BCUT2D eigenvalue weighted by atomic mass is 16.3. The Labute approximate surface area is 152 Å². The second kappa shape index (κ2) is 7.58. The van der Waals surface area contributed by atoms with E-state index in [1.807, 2.05) is 48.7 Å². The number of hydrogen-bond donors (Lipinski definition) is 2. The van der Waals surface area contributed by atoms with Crippen LogP contribution in [0.1, 0.15) is 35.0 Å². The fraction of sp³-hybridized carbons (Fsp3) is 0.300. The predicted molar refractivity (Wildman–Crippen MR) is 97.3 cm³/mol. The maximum absolute atomic E-state index is 12.6. The number of carbonyl (C=O) groups excluding carboxylic acids is 1. The minimum absolute atomic E-state index is 0.0628. The van der Waals surface area contributed by atoms with Gasteiger partial charge >= 0.3 is 0 Å². The molecule has 1 fully saturated rings. The molecule has 0 unspecified atom stereocenters. The van der Waals surface area contributed by atoms with Crippen molar-refractivity contribution in [1.82, 2.24) is 15.1 Å². The molecule has 1 aromatic carbocycles. The summed E-state index contributed by atoms with van der Waals surface area (Å²) in [5, 5.41) is 7.27. The van der Waals surface area contributed by atoms with Gasteiger partial charge in [-0.1, -0.05) is 0 Å². The summed E-state index contributed by atoms with van der Waals surface area (Å²) in [6.45, 7) is 2.82. The lowest BCUT2D eigenvalue weighted by atomic mass is 10.1. The number of benzene rings is 1. The van der Waals surface area contributed by atoms with Gasteiger partial charge < -0.3 is 14.6 Å². The molecule has 3 aromatic rings. The maximum atomic E-state index is 12.6. The lowest BCUT2D eigenvalue weighted by molar-refractivity contribution is -0.919. The second-order valence-electron chi connectivity index (χ2n) is 6.64. The SMILES string of the molecule is O=C(NC[C@@H](c1ccco1)[NH+]1CCCC1)c1ccc(-n2cccn2)cc1. The standard InChI is InChI=1S/C20H22N4O2/c25-20(16-6-8-17(9-7-16)24-13-4-10-22-24)21-15-18(19-5-3-14-26-19)23-11-1-2-12-23/h3-10,13-14,18H,1-2,11-12,15H2,(H,21,25)/p+1/t18-/m0/s1. The van der Waals surface area contributed by atoms with Crippen LogP contribution >= 0.6 is 0 Å². The molecule has 2 aromatic heterocycles. The molecule has 0 saturated carbocycles. The van der Waals surface area contributed by atoms with E-state index in [1.54, 1.807) is 17.1 Å². The number of likely N-dealkylation sites (tertiary alicyclic amines) is 1. The monoisotopic (exact) mass is 351 g/mol. The van der Waals surface area contributed by atoms with Crippen molar-refractivity contribution in [2.75, 3.05) is 19.6 Å². The van der Waals surface area contributed by atoms with Crippen LogP contribution in [-0.4, -0.2) is 35.3 Å². The van der Waals surface area contributed by atoms with Crippen LogP contribution < -0.4 is 10.2 Å². The number of quaternary nitrogens is 1. The zero-order chi connectivity index (χ0) is 17.8. The van der Waals surface area contributed by atoms with E-state index in [-0.39, 0.29) is 11.9 Å². The van der Waals surface area contributed by atoms with E-state index in [0.29, 0.717) is 12.1 Å². The van der Waals surface area contributed by atoms with Crippen molar-refractivity contribution < 1.29 is 14.1 Å². The molecular weight excluding hydrogens is 328 g/mol. The molecule has 6 nitrogen and oxygen atoms in total. The first-order valence-electron chi connectivity index (χ1n) is 9.07. The highest BCUT2D eigenvalue weighted by Crippen LogP contribution is 2.12. The lowest BCUT2D eigenvalue weighted by Gasteiger charge is -2.23. The van der Waals surface area contributed by atoms with Crippen LogP contribution in [-0.2, 0) is 0 Å². The molecular formula is C20H23N4O2+. The van der Waals surface area contributed by atoms with Crippen LogP contribution in [0.15, 0.2) is 65.5 Å². The van der Waals surface area contributed by atoms with Gasteiger partial charge in [-0.2, -0.15) is 5.10 Å². The lowest BCUT2D eigenvalue weighted by Crippen LogP contribution is -3.11. The molecule has 6 heteroatoms. The molecule has 1 atom stereocenters. The van der Waals surface area contributed by atoms with Crippen molar-refractivity contribution in [2.24, 2.45) is 0 Å². The van der Waals surface area contributed by atoms with E-state index in [0.717, 1.165) is 24.5 Å². The Morgan fingerprint density at radius 2 is 2.00 bits per heavy atom. The summed E-state index contributed by atoms with van der Waals surface area (Å²) in [5.74, 6) is 0.878. The van der Waals surface area contributed by atoms with E-state index in [4.69, 9.17) is 4.42 Å². The predicted octanol–water partition coefficient (Wildman–Crippen LogP) is 1.62. The maximum Gasteiger partial charge on any atom is 0.251 e. The molecule has 1 amide bonds. The van der Waals surface area contributed by atoms with Crippen molar-refractivity contribution in [1.29, 1.82) is 0 Å². The van der Waals surface area contributed by atoms with Crippen LogP contribution in [0, 0.1) is 0 Å². The summed E-state index contributed by atoms with van der Waals surface area (Å²) < 4.78 is 7.39. The average molecular weight is 351 g/mol. The third-order valence-corrected chi connectivity index (χ3v) is 4.99. The second-order valence-corrected chi connectivity index (χ2v) is 6.64. The quantitative estimate of drug-likeness (QED) is 0.709. The van der Waals surface area contributed by atoms with Crippen LogP contribution in [0.4, 0.5) is 0 Å². The molecule has 4 rings (SSSR count). The van der Waals surface area contributed by atoms with Crippen molar-refractivity contribution in [3.8, 4) is 5.69 Å². The number of nitrogens with zero attached hydrogens (tertiary/aromatic N) is 2. The van der Waals surface area contributed by atoms with E-state index in [2.05, 4.69) is 10.4 Å². The summed E-state index contributed by atoms with van der Waals surface area (Å²) in [7, 11) is 0. The number of aromatic nitrogens is 2. The van der Waals surface area contributed by atoms with Crippen molar-refractivity contribution in [3.05, 3.63) is 72.4 Å². The largest absolute Gasteiger partial charge is 0.463 e. The summed E-state index contributed by atoms with van der Waals surface area (Å²) in [6, 6.07) is 13.4. The first-order valence-corrected chi connectivity index (χ1v) is 9.07. The summed E-state index contributed by atoms with van der Waals surface area (Å²) in [4.78, 5) is 14.0. The van der Waals surface area contributed by atoms with Crippen molar-refractivity contribution in [2.45, 2.75) is 18.9 Å². The summed E-state index contributed by atoms with van der Waals surface area (Å²) >= 11 is 0. The summed E-state index contributed by atoms with van der Waals surface area (Å²) in [5.41, 5.74) is 1.58. The van der Waals surface area contributed by atoms with Crippen LogP contribution in [0.5, 0.6) is 0 Å². The molecule has 1 saturated heterocycles. The molecule has 2 N–H and O–H groups in total. The highest BCUT2D eigenvalue weighted by molar-refractivity contribution is 5.94. The van der Waals surface area contributed by atoms with E-state index < -0.39 is 0 Å². The third-order valence-electron chi connectivity index (χ3n) is 4.99. The molecule has 1 aliphatic heterocycles. The minimum Gasteiger partial charge on any atom is -0.463 e. The van der Waals surface area contributed by atoms with Crippen molar-refractivity contribution in [3.63, 3.8) is 0 Å². The highest BCUT2D eigenvalue weighted by Gasteiger charge is 2.29. The molecule has 134 valence electrons. The number of furan rings is 1. The average Bonchev–Trinajstić information content (AvgIpc) is 3.45. The van der Waals surface area contributed by atoms with Gasteiger partial charge in [0.05, 0.1) is 31.6 Å². The van der Waals surface area contributed by atoms with Crippen LogP contribution in [0.2, 0.25) is 0 Å². The number of carbonyl (C=O) groups is 1. The topological polar surface area (TPSA) is 64.5 Å². The van der Waals surface area contributed by atoms with E-state index in [1.165, 1.54) is 17.7 Å². The number of rotatable bonds is 6.